The van der Waals surface area contributed by atoms with E-state index in [1.165, 1.54) is 10.8 Å². The van der Waals surface area contributed by atoms with Crippen LogP contribution in [0.3, 0.4) is 0 Å². The normalized spacial score (nSPS) is 19.8. The first-order valence-corrected chi connectivity index (χ1v) is 18.8. The fraction of sp³-hybridized carbons (Fsp3) is 0.400. The van der Waals surface area contributed by atoms with E-state index in [2.05, 4.69) is 72.0 Å². The van der Waals surface area contributed by atoms with Gasteiger partial charge in [-0.25, -0.2) is 0 Å². The smallest absolute Gasteiger partial charge is 0.255 e. The Labute approximate surface area is 266 Å². The van der Waals surface area contributed by atoms with E-state index in [4.69, 9.17) is 15.2 Å². The minimum absolute atomic E-state index is 0.0638. The van der Waals surface area contributed by atoms with E-state index >= 15 is 0 Å². The number of amides is 1. The number of carbonyl (C=O) groups excluding carboxylic acids is 1. The topological polar surface area (TPSA) is 125 Å². The highest BCUT2D eigenvalue weighted by Crippen LogP contribution is 2.46. The maximum Gasteiger partial charge on any atom is 0.255 e. The number of hydrogen-bond acceptors (Lipinski definition) is 7. The van der Waals surface area contributed by atoms with Crippen molar-refractivity contribution in [2.45, 2.75) is 70.0 Å². The molecule has 0 spiro atoms. The second-order valence-corrected chi connectivity index (χ2v) is 17.3. The van der Waals surface area contributed by atoms with Crippen LogP contribution in [0.2, 0.25) is 18.6 Å². The Bertz CT molecular complexity index is 1540. The molecule has 1 aliphatic rings. The molecule has 0 radical (unpaired) electrons. The molecule has 4 atom stereocenters. The number of aliphatic hydroxyl groups is 1. The molecule has 1 saturated heterocycles. The zero-order valence-electron chi connectivity index (χ0n) is 26.6. The molecule has 10 heteroatoms. The molecule has 5 rings (SSSR count). The van der Waals surface area contributed by atoms with Crippen molar-refractivity contribution >= 4 is 30.5 Å². The summed E-state index contributed by atoms with van der Waals surface area (Å²) in [6.45, 7) is 8.06. The molecule has 2 heterocycles. The molecule has 0 saturated carbocycles. The minimum Gasteiger partial charge on any atom is -0.497 e. The Morgan fingerprint density at radius 1 is 1.00 bits per heavy atom. The molecule has 0 unspecified atom stereocenters. The average Bonchev–Trinajstić information content (AvgIpc) is 3.63. The van der Waals surface area contributed by atoms with E-state index in [0.717, 1.165) is 42.9 Å². The lowest BCUT2D eigenvalue weighted by Crippen LogP contribution is -2.50. The third-order valence-corrected chi connectivity index (χ3v) is 13.7. The van der Waals surface area contributed by atoms with Crippen molar-refractivity contribution in [3.63, 3.8) is 0 Å². The summed E-state index contributed by atoms with van der Waals surface area (Å²) in [5, 5.41) is 22.1. The number of ether oxygens (including phenoxy) is 2. The molecule has 4 aromatic rings. The van der Waals surface area contributed by atoms with Gasteiger partial charge in [-0.3, -0.25) is 9.48 Å². The highest BCUT2D eigenvalue weighted by atomic mass is 28.3. The average molecular weight is 628 g/mol. The Balaban J connectivity index is 1.26. The number of nitrogens with one attached hydrogen (secondary N) is 1. The summed E-state index contributed by atoms with van der Waals surface area (Å²) in [5.41, 5.74) is 10.1. The van der Waals surface area contributed by atoms with Gasteiger partial charge in [0.25, 0.3) is 5.91 Å². The zero-order chi connectivity index (χ0) is 32.0. The van der Waals surface area contributed by atoms with E-state index in [-0.39, 0.29) is 24.7 Å². The third kappa shape index (κ3) is 7.81. The molecular formula is C35H45N5O4Si. The predicted octanol–water partition coefficient (Wildman–Crippen LogP) is 5.07. The van der Waals surface area contributed by atoms with Crippen LogP contribution in [0.15, 0.2) is 79.0 Å². The molecule has 45 heavy (non-hydrogen) atoms. The monoisotopic (exact) mass is 627 g/mol. The number of anilines is 2. The second-order valence-electron chi connectivity index (χ2n) is 12.6. The summed E-state index contributed by atoms with van der Waals surface area (Å²) in [6, 6.07) is 23.6. The van der Waals surface area contributed by atoms with Crippen molar-refractivity contribution in [2.75, 3.05) is 24.8 Å². The number of nitrogens with zero attached hydrogens (tertiary/aromatic N) is 3. The largest absolute Gasteiger partial charge is 0.497 e. The molecule has 1 fully saturated rings. The lowest BCUT2D eigenvalue weighted by Gasteiger charge is -2.36. The first kappa shape index (κ1) is 32.4. The van der Waals surface area contributed by atoms with Crippen LogP contribution in [0.5, 0.6) is 5.75 Å². The predicted molar refractivity (Wildman–Crippen MR) is 181 cm³/mol. The van der Waals surface area contributed by atoms with Crippen LogP contribution in [0.1, 0.15) is 41.4 Å². The van der Waals surface area contributed by atoms with Gasteiger partial charge in [0, 0.05) is 42.7 Å². The fourth-order valence-corrected chi connectivity index (χ4v) is 10.9. The molecule has 3 aromatic carbocycles. The third-order valence-electron chi connectivity index (χ3n) is 9.27. The number of carbonyl (C=O) groups is 1. The van der Waals surface area contributed by atoms with Gasteiger partial charge in [0.05, 0.1) is 33.1 Å². The lowest BCUT2D eigenvalue weighted by molar-refractivity contribution is 0.0250. The molecule has 4 N–H and O–H groups in total. The van der Waals surface area contributed by atoms with Gasteiger partial charge in [-0.15, -0.1) is 5.10 Å². The van der Waals surface area contributed by atoms with Gasteiger partial charge in [-0.05, 0) is 84.8 Å². The molecule has 9 nitrogen and oxygen atoms in total. The number of nitrogen functional groups attached to an aromatic ring is 1. The molecule has 1 aromatic heterocycles. The van der Waals surface area contributed by atoms with E-state index in [9.17, 15) is 9.90 Å². The summed E-state index contributed by atoms with van der Waals surface area (Å²) in [7, 11) is -0.264. The first-order chi connectivity index (χ1) is 21.7. The van der Waals surface area contributed by atoms with Crippen molar-refractivity contribution in [1.82, 2.24) is 15.0 Å². The van der Waals surface area contributed by atoms with Crippen LogP contribution < -0.4 is 21.0 Å². The van der Waals surface area contributed by atoms with Crippen molar-refractivity contribution in [3.8, 4) is 5.75 Å². The summed E-state index contributed by atoms with van der Waals surface area (Å²) in [5.74, 6) is 1.10. The number of benzene rings is 3. The van der Waals surface area contributed by atoms with Gasteiger partial charge < -0.3 is 25.6 Å². The van der Waals surface area contributed by atoms with Gasteiger partial charge in [0.15, 0.2) is 0 Å². The molecule has 0 aliphatic carbocycles. The SMILES string of the molecule is COc1ccc([Si](C)(C)[C@@H]2[C@@H](C)[C@@H](CCc3ccc(NC(=O)c4ccc(N)cc4)cc3)O[C@H]2CCn2cc(CCO)nn2)cc1. The molecule has 1 amide bonds. The Kier molecular flexibility index (Phi) is 10.4. The Morgan fingerprint density at radius 2 is 1.71 bits per heavy atom. The number of hydrogen-bond donors (Lipinski definition) is 3. The van der Waals surface area contributed by atoms with Gasteiger partial charge in [-0.2, -0.15) is 0 Å². The summed E-state index contributed by atoms with van der Waals surface area (Å²) in [4.78, 5) is 12.6. The van der Waals surface area contributed by atoms with Gasteiger partial charge >= 0.3 is 0 Å². The zero-order valence-corrected chi connectivity index (χ0v) is 27.6. The van der Waals surface area contributed by atoms with Crippen LogP contribution >= 0.6 is 0 Å². The lowest BCUT2D eigenvalue weighted by atomic mass is 9.95. The van der Waals surface area contributed by atoms with Crippen LogP contribution in [0.4, 0.5) is 11.4 Å². The van der Waals surface area contributed by atoms with E-state index in [0.29, 0.717) is 29.1 Å². The molecule has 0 bridgehead atoms. The summed E-state index contributed by atoms with van der Waals surface area (Å²) < 4.78 is 14.2. The van der Waals surface area contributed by atoms with E-state index in [1.807, 2.05) is 23.0 Å². The number of aromatic nitrogens is 3. The Morgan fingerprint density at radius 3 is 2.38 bits per heavy atom. The van der Waals surface area contributed by atoms with Crippen LogP contribution in [0.25, 0.3) is 0 Å². The van der Waals surface area contributed by atoms with Crippen molar-refractivity contribution < 1.29 is 19.4 Å². The van der Waals surface area contributed by atoms with E-state index < -0.39 is 8.07 Å². The Hall–Kier alpha value is -3.99. The number of nitrogens with two attached hydrogens (primary N) is 1. The number of aliphatic hydroxyl groups excluding tert-OH is 1. The summed E-state index contributed by atoms with van der Waals surface area (Å²) in [6.07, 6.45) is 5.33. The molecule has 238 valence electrons. The van der Waals surface area contributed by atoms with Crippen LogP contribution in [-0.4, -0.2) is 60.0 Å². The molecular weight excluding hydrogens is 583 g/mol. The number of methoxy groups -OCH3 is 1. The van der Waals surface area contributed by atoms with E-state index in [1.54, 1.807) is 31.4 Å². The van der Waals surface area contributed by atoms with Gasteiger partial charge in [-0.1, -0.05) is 54.7 Å². The second kappa shape index (κ2) is 14.4. The highest BCUT2D eigenvalue weighted by Gasteiger charge is 2.50. The number of aryl methyl sites for hydroxylation is 2. The van der Waals surface area contributed by atoms with Gasteiger partial charge in [0.1, 0.15) is 5.75 Å². The molecule has 1 aliphatic heterocycles. The minimum atomic E-state index is -1.96. The first-order valence-electron chi connectivity index (χ1n) is 15.7. The summed E-state index contributed by atoms with van der Waals surface area (Å²) >= 11 is 0. The standard InChI is InChI=1S/C35H45N5O4Si/c1-24-32(18-7-25-5-12-28(13-6-25)37-35(42)26-8-10-27(36)11-9-26)44-33(19-21-40-23-29(20-22-41)38-39-40)34(24)45(3,4)31-16-14-30(43-2)15-17-31/h5-6,8-17,23-24,32-34,41H,7,18-22,36H2,1-4H3,(H,37,42)/t24-,32+,33-,34+/m0/s1. The number of rotatable bonds is 13. The maximum absolute atomic E-state index is 12.6. The van der Waals surface area contributed by atoms with Gasteiger partial charge in [0.2, 0.25) is 0 Å². The van der Waals surface area contributed by atoms with Crippen molar-refractivity contribution in [2.24, 2.45) is 5.92 Å². The van der Waals surface area contributed by atoms with Crippen molar-refractivity contribution in [1.29, 1.82) is 0 Å². The quantitative estimate of drug-likeness (QED) is 0.140. The maximum atomic E-state index is 12.6. The highest BCUT2D eigenvalue weighted by molar-refractivity contribution is 6.91. The van der Waals surface area contributed by atoms with Crippen molar-refractivity contribution in [3.05, 3.63) is 95.8 Å². The fourth-order valence-electron chi connectivity index (χ4n) is 6.75. The van der Waals surface area contributed by atoms with Crippen LogP contribution in [0, 0.1) is 5.92 Å². The van der Waals surface area contributed by atoms with Crippen LogP contribution in [-0.2, 0) is 24.1 Å².